The fourth-order valence-electron chi connectivity index (χ4n) is 1.96. The number of ether oxygens (including phenoxy) is 1. The fourth-order valence-corrected chi connectivity index (χ4v) is 1.96. The van der Waals surface area contributed by atoms with Crippen LogP contribution in [-0.4, -0.2) is 23.1 Å². The van der Waals surface area contributed by atoms with Gasteiger partial charge in [-0.1, -0.05) is 36.4 Å². The molecule has 1 unspecified atom stereocenters. The molecule has 0 saturated carbocycles. The summed E-state index contributed by atoms with van der Waals surface area (Å²) in [5, 5.41) is 10.9. The SMILES string of the molecule is NC(=O)CCC(Oc1cccc2ccccc12)C(=O)O. The topological polar surface area (TPSA) is 89.6 Å². The third kappa shape index (κ3) is 3.26. The summed E-state index contributed by atoms with van der Waals surface area (Å²) in [5.74, 6) is -1.17. The molecule has 0 aliphatic carbocycles. The van der Waals surface area contributed by atoms with E-state index in [1.807, 2.05) is 30.3 Å². The molecule has 1 atom stereocenters. The summed E-state index contributed by atoms with van der Waals surface area (Å²) in [5.41, 5.74) is 5.04. The molecule has 0 heterocycles. The summed E-state index contributed by atoms with van der Waals surface area (Å²) in [4.78, 5) is 21.9. The molecular weight excluding hydrogens is 258 g/mol. The molecule has 0 saturated heterocycles. The number of carboxylic acid groups (broad SMARTS) is 1. The number of rotatable bonds is 6. The van der Waals surface area contributed by atoms with E-state index in [0.717, 1.165) is 10.8 Å². The number of primary amides is 1. The third-order valence-corrected chi connectivity index (χ3v) is 2.95. The van der Waals surface area contributed by atoms with Crippen LogP contribution in [0.2, 0.25) is 0 Å². The smallest absolute Gasteiger partial charge is 0.344 e. The van der Waals surface area contributed by atoms with Crippen molar-refractivity contribution in [2.24, 2.45) is 5.73 Å². The second-order valence-electron chi connectivity index (χ2n) is 4.43. The van der Waals surface area contributed by atoms with E-state index in [1.165, 1.54) is 0 Å². The first kappa shape index (κ1) is 13.9. The molecule has 0 bridgehead atoms. The summed E-state index contributed by atoms with van der Waals surface area (Å²) in [7, 11) is 0. The van der Waals surface area contributed by atoms with Gasteiger partial charge in [0.2, 0.25) is 5.91 Å². The van der Waals surface area contributed by atoms with Gasteiger partial charge in [-0.25, -0.2) is 4.79 Å². The van der Waals surface area contributed by atoms with E-state index in [0.29, 0.717) is 5.75 Å². The average molecular weight is 273 g/mol. The van der Waals surface area contributed by atoms with Gasteiger partial charge in [-0.15, -0.1) is 0 Å². The van der Waals surface area contributed by atoms with Gasteiger partial charge in [-0.3, -0.25) is 4.79 Å². The van der Waals surface area contributed by atoms with Gasteiger partial charge in [-0.05, 0) is 11.5 Å². The predicted octanol–water partition coefficient (Wildman–Crippen LogP) is 1.94. The number of aliphatic carboxylic acids is 1. The molecule has 0 fully saturated rings. The molecule has 3 N–H and O–H groups in total. The Morgan fingerprint density at radius 3 is 2.55 bits per heavy atom. The molecule has 5 heteroatoms. The Morgan fingerprint density at radius 1 is 1.15 bits per heavy atom. The standard InChI is InChI=1S/C15H15NO4/c16-14(17)9-8-13(15(18)19)20-12-7-3-5-10-4-1-2-6-11(10)12/h1-7,13H,8-9H2,(H2,16,17)(H,18,19). The zero-order valence-corrected chi connectivity index (χ0v) is 10.8. The van der Waals surface area contributed by atoms with Gasteiger partial charge in [0.1, 0.15) is 5.75 Å². The molecule has 1 amide bonds. The molecule has 2 rings (SSSR count). The number of amides is 1. The summed E-state index contributed by atoms with van der Waals surface area (Å²) in [6.07, 6.45) is -1.07. The van der Waals surface area contributed by atoms with Gasteiger partial charge >= 0.3 is 5.97 Å². The van der Waals surface area contributed by atoms with Crippen molar-refractivity contribution in [1.82, 2.24) is 0 Å². The lowest BCUT2D eigenvalue weighted by Gasteiger charge is -2.16. The lowest BCUT2D eigenvalue weighted by molar-refractivity contribution is -0.145. The Kier molecular flexibility index (Phi) is 4.20. The van der Waals surface area contributed by atoms with E-state index in [4.69, 9.17) is 15.6 Å². The van der Waals surface area contributed by atoms with E-state index in [1.54, 1.807) is 12.1 Å². The summed E-state index contributed by atoms with van der Waals surface area (Å²) >= 11 is 0. The Labute approximate surface area is 116 Å². The number of benzene rings is 2. The van der Waals surface area contributed by atoms with Crippen LogP contribution in [0.25, 0.3) is 10.8 Å². The number of hydrogen-bond acceptors (Lipinski definition) is 3. The number of fused-ring (bicyclic) bond motifs is 1. The molecule has 0 aliphatic heterocycles. The fraction of sp³-hybridized carbons (Fsp3) is 0.200. The number of nitrogens with two attached hydrogens (primary N) is 1. The van der Waals surface area contributed by atoms with Crippen molar-refractivity contribution < 1.29 is 19.4 Å². The van der Waals surface area contributed by atoms with Crippen molar-refractivity contribution in [1.29, 1.82) is 0 Å². The molecule has 20 heavy (non-hydrogen) atoms. The van der Waals surface area contributed by atoms with Crippen molar-refractivity contribution in [3.05, 3.63) is 42.5 Å². The minimum absolute atomic E-state index is 0.0261. The maximum atomic E-state index is 11.2. The monoisotopic (exact) mass is 273 g/mol. The molecule has 2 aromatic carbocycles. The summed E-state index contributed by atoms with van der Waals surface area (Å²) < 4.78 is 5.53. The quantitative estimate of drug-likeness (QED) is 0.841. The van der Waals surface area contributed by atoms with Crippen LogP contribution >= 0.6 is 0 Å². The normalized spacial score (nSPS) is 12.0. The molecule has 0 aromatic heterocycles. The summed E-state index contributed by atoms with van der Waals surface area (Å²) in [6.45, 7) is 0. The van der Waals surface area contributed by atoms with Crippen molar-refractivity contribution in [2.45, 2.75) is 18.9 Å². The maximum Gasteiger partial charge on any atom is 0.344 e. The van der Waals surface area contributed by atoms with Crippen molar-refractivity contribution in [3.63, 3.8) is 0 Å². The first-order chi connectivity index (χ1) is 9.58. The van der Waals surface area contributed by atoms with Crippen molar-refractivity contribution in [3.8, 4) is 5.75 Å². The molecular formula is C15H15NO4. The van der Waals surface area contributed by atoms with Crippen LogP contribution in [0.3, 0.4) is 0 Å². The second kappa shape index (κ2) is 6.06. The van der Waals surface area contributed by atoms with E-state index in [-0.39, 0.29) is 12.8 Å². The van der Waals surface area contributed by atoms with Crippen LogP contribution in [0.4, 0.5) is 0 Å². The van der Waals surface area contributed by atoms with Crippen LogP contribution in [0, 0.1) is 0 Å². The number of carbonyl (C=O) groups is 2. The Morgan fingerprint density at radius 2 is 1.85 bits per heavy atom. The highest BCUT2D eigenvalue weighted by molar-refractivity contribution is 5.88. The lowest BCUT2D eigenvalue weighted by Crippen LogP contribution is -2.28. The lowest BCUT2D eigenvalue weighted by atomic mass is 10.1. The Hall–Kier alpha value is -2.56. The molecule has 0 spiro atoms. The first-order valence-electron chi connectivity index (χ1n) is 6.23. The number of carbonyl (C=O) groups excluding carboxylic acids is 1. The van der Waals surface area contributed by atoms with Crippen LogP contribution in [0.15, 0.2) is 42.5 Å². The van der Waals surface area contributed by atoms with Crippen LogP contribution < -0.4 is 10.5 Å². The van der Waals surface area contributed by atoms with Gasteiger partial charge in [-0.2, -0.15) is 0 Å². The van der Waals surface area contributed by atoms with Gasteiger partial charge in [0, 0.05) is 18.2 Å². The molecule has 104 valence electrons. The van der Waals surface area contributed by atoms with Crippen LogP contribution in [0.1, 0.15) is 12.8 Å². The first-order valence-corrected chi connectivity index (χ1v) is 6.23. The highest BCUT2D eigenvalue weighted by Gasteiger charge is 2.20. The minimum Gasteiger partial charge on any atom is -0.479 e. The second-order valence-corrected chi connectivity index (χ2v) is 4.43. The highest BCUT2D eigenvalue weighted by Crippen LogP contribution is 2.26. The largest absolute Gasteiger partial charge is 0.479 e. The zero-order valence-electron chi connectivity index (χ0n) is 10.8. The van der Waals surface area contributed by atoms with Gasteiger partial charge < -0.3 is 15.6 Å². The molecule has 0 radical (unpaired) electrons. The molecule has 0 aliphatic rings. The average Bonchev–Trinajstić information content (AvgIpc) is 2.43. The van der Waals surface area contributed by atoms with Gasteiger partial charge in [0.25, 0.3) is 0 Å². The van der Waals surface area contributed by atoms with Crippen molar-refractivity contribution in [2.75, 3.05) is 0 Å². The predicted molar refractivity (Wildman–Crippen MR) is 74.4 cm³/mol. The number of carboxylic acids is 1. The minimum atomic E-state index is -1.11. The third-order valence-electron chi connectivity index (χ3n) is 2.95. The van der Waals surface area contributed by atoms with E-state index >= 15 is 0 Å². The Balaban J connectivity index is 2.24. The van der Waals surface area contributed by atoms with E-state index < -0.39 is 18.0 Å². The molecule has 5 nitrogen and oxygen atoms in total. The molecule has 2 aromatic rings. The number of hydrogen-bond donors (Lipinski definition) is 2. The van der Waals surface area contributed by atoms with E-state index in [9.17, 15) is 9.59 Å². The zero-order chi connectivity index (χ0) is 14.5. The van der Waals surface area contributed by atoms with Gasteiger partial charge in [0.15, 0.2) is 6.10 Å². The Bertz CT molecular complexity index is 633. The van der Waals surface area contributed by atoms with Crippen LogP contribution in [-0.2, 0) is 9.59 Å². The van der Waals surface area contributed by atoms with Gasteiger partial charge in [0.05, 0.1) is 0 Å². The summed E-state index contributed by atoms with van der Waals surface area (Å²) in [6, 6.07) is 13.0. The van der Waals surface area contributed by atoms with Crippen LogP contribution in [0.5, 0.6) is 5.75 Å². The maximum absolute atomic E-state index is 11.2. The highest BCUT2D eigenvalue weighted by atomic mass is 16.5. The van der Waals surface area contributed by atoms with E-state index in [2.05, 4.69) is 0 Å². The van der Waals surface area contributed by atoms with Crippen molar-refractivity contribution >= 4 is 22.6 Å².